The van der Waals surface area contributed by atoms with Crippen LogP contribution in [-0.4, -0.2) is 0 Å². The molecule has 0 N–H and O–H groups in total. The van der Waals surface area contributed by atoms with E-state index in [0.29, 0.717) is 0 Å². The van der Waals surface area contributed by atoms with Gasteiger partial charge in [-0.3, -0.25) is 24.3 Å². The van der Waals surface area contributed by atoms with E-state index in [4.69, 9.17) is 0 Å². The molecule has 8 rings (SSSR count). The normalized spacial score (nSPS) is 44.1. The van der Waals surface area contributed by atoms with Gasteiger partial charge in [-0.1, -0.05) is 101 Å². The molecule has 0 spiro atoms. The zero-order chi connectivity index (χ0) is 18.8. The van der Waals surface area contributed by atoms with Gasteiger partial charge in [-0.15, -0.1) is 0 Å². The van der Waals surface area contributed by atoms with Gasteiger partial charge in [0.05, 0.1) is 0 Å². The first-order valence-corrected chi connectivity index (χ1v) is 12.2. The average Bonchev–Trinajstić information content (AvgIpc) is 3.63. The first-order valence-electron chi connectivity index (χ1n) is 12.2. The van der Waals surface area contributed by atoms with E-state index in [1.54, 1.807) is 0 Å². The van der Waals surface area contributed by atoms with Crippen molar-refractivity contribution in [2.24, 2.45) is 47.3 Å². The molecule has 4 fully saturated rings. The minimum absolute atomic E-state index is 0. The van der Waals surface area contributed by atoms with Crippen LogP contribution in [-0.2, 0) is 21.7 Å². The molecule has 8 bridgehead atoms. The molecule has 0 radical (unpaired) electrons. The van der Waals surface area contributed by atoms with Gasteiger partial charge in [0.1, 0.15) is 0 Å². The Kier molecular flexibility index (Phi) is 7.79. The zero-order valence-corrected chi connectivity index (χ0v) is 19.5. The van der Waals surface area contributed by atoms with Crippen molar-refractivity contribution < 1.29 is 21.7 Å². The van der Waals surface area contributed by atoms with Crippen LogP contribution in [0.15, 0.2) is 24.3 Å². The van der Waals surface area contributed by atoms with E-state index < -0.39 is 0 Å². The fourth-order valence-corrected chi connectivity index (χ4v) is 6.37. The Labute approximate surface area is 194 Å². The number of hydrogen-bond acceptors (Lipinski definition) is 0. The van der Waals surface area contributed by atoms with Crippen LogP contribution in [0.4, 0.5) is 0 Å². The predicted octanol–water partition coefficient (Wildman–Crippen LogP) is 7.10. The molecule has 0 heterocycles. The minimum Gasteiger partial charge on any atom is -0.497 e. The molecule has 0 nitrogen and oxygen atoms in total. The molecule has 0 aromatic carbocycles. The Morgan fingerprint density at radius 2 is 0.621 bits per heavy atom. The third-order valence-corrected chi connectivity index (χ3v) is 8.16. The van der Waals surface area contributed by atoms with Gasteiger partial charge in [-0.05, 0) is 0 Å². The third kappa shape index (κ3) is 5.89. The van der Waals surface area contributed by atoms with Gasteiger partial charge >= 0.3 is 21.7 Å². The molecule has 8 aliphatic carbocycles. The van der Waals surface area contributed by atoms with E-state index in [1.165, 1.54) is 77.0 Å². The Bertz CT molecular complexity index is 481. The fourth-order valence-electron chi connectivity index (χ4n) is 6.37. The number of hydrogen-bond donors (Lipinski definition) is 0. The summed E-state index contributed by atoms with van der Waals surface area (Å²) in [6, 6.07) is 0. The van der Waals surface area contributed by atoms with Crippen molar-refractivity contribution in [2.45, 2.75) is 77.0 Å². The average molecular weight is 420 g/mol. The second-order valence-corrected chi connectivity index (χ2v) is 10.4. The molecule has 29 heavy (non-hydrogen) atoms. The molecule has 8 aliphatic rings. The molecule has 0 aromatic rings. The van der Waals surface area contributed by atoms with Crippen LogP contribution in [0.3, 0.4) is 0 Å². The Hall–Kier alpha value is -0.326. The van der Waals surface area contributed by atoms with E-state index in [1.807, 2.05) is 0 Å². The Morgan fingerprint density at radius 3 is 0.655 bits per heavy atom. The summed E-state index contributed by atoms with van der Waals surface area (Å²) >= 11 is 0. The maximum Gasteiger partial charge on any atom is 4.00 e. The molecular formula is C28H36Ti. The summed E-state index contributed by atoms with van der Waals surface area (Å²) in [6.45, 7) is 0. The predicted molar refractivity (Wildman–Crippen MR) is 115 cm³/mol. The molecule has 152 valence electrons. The van der Waals surface area contributed by atoms with Crippen molar-refractivity contribution in [1.29, 1.82) is 0 Å². The van der Waals surface area contributed by atoms with Crippen molar-refractivity contribution in [3.05, 3.63) is 48.6 Å². The first kappa shape index (κ1) is 21.9. The van der Waals surface area contributed by atoms with E-state index in [2.05, 4.69) is 48.6 Å². The molecule has 8 atom stereocenters. The third-order valence-electron chi connectivity index (χ3n) is 8.16. The van der Waals surface area contributed by atoms with Gasteiger partial charge in [-0.2, -0.15) is 23.7 Å². The molecule has 8 unspecified atom stereocenters. The SMILES string of the molecule is [C-]1=CC2CCC1C2.[C-]1=CC2CCC1C2.[C-]1=CC2CCC1C2.[C-]1=CC2CCC1C2.[Ti+4]. The standard InChI is InChI=1S/4C7H9.Ti/c4*1-2-7-4-3-6(1)5-7;/h4*1,6-7H,3-5H2;/q4*-1;+4. The van der Waals surface area contributed by atoms with Crippen LogP contribution >= 0.6 is 0 Å². The monoisotopic (exact) mass is 420 g/mol. The number of allylic oxidation sites excluding steroid dienone is 8. The van der Waals surface area contributed by atoms with Crippen LogP contribution in [0, 0.1) is 71.6 Å². The molecule has 0 aromatic heterocycles. The Morgan fingerprint density at radius 1 is 0.379 bits per heavy atom. The van der Waals surface area contributed by atoms with Gasteiger partial charge in [0.25, 0.3) is 0 Å². The van der Waals surface area contributed by atoms with Crippen LogP contribution in [0.5, 0.6) is 0 Å². The molecule has 0 amide bonds. The van der Waals surface area contributed by atoms with Crippen molar-refractivity contribution in [3.63, 3.8) is 0 Å². The van der Waals surface area contributed by atoms with Crippen LogP contribution < -0.4 is 0 Å². The van der Waals surface area contributed by atoms with Crippen molar-refractivity contribution in [1.82, 2.24) is 0 Å². The molecule has 4 saturated carbocycles. The van der Waals surface area contributed by atoms with Crippen LogP contribution in [0.1, 0.15) is 77.0 Å². The summed E-state index contributed by atoms with van der Waals surface area (Å²) < 4.78 is 0. The maximum atomic E-state index is 3.33. The van der Waals surface area contributed by atoms with E-state index in [-0.39, 0.29) is 21.7 Å². The summed E-state index contributed by atoms with van der Waals surface area (Å²) in [4.78, 5) is 0. The van der Waals surface area contributed by atoms with E-state index in [9.17, 15) is 0 Å². The van der Waals surface area contributed by atoms with Gasteiger partial charge in [0.15, 0.2) is 0 Å². The summed E-state index contributed by atoms with van der Waals surface area (Å²) in [7, 11) is 0. The molecule has 0 aliphatic heterocycles. The van der Waals surface area contributed by atoms with Crippen molar-refractivity contribution >= 4 is 0 Å². The van der Waals surface area contributed by atoms with Crippen molar-refractivity contribution in [2.75, 3.05) is 0 Å². The van der Waals surface area contributed by atoms with Gasteiger partial charge in [-0.25, -0.2) is 0 Å². The molecular weight excluding hydrogens is 384 g/mol. The Balaban J connectivity index is 0.0000000931. The summed E-state index contributed by atoms with van der Waals surface area (Å²) in [5.41, 5.74) is 0. The quantitative estimate of drug-likeness (QED) is 0.290. The topological polar surface area (TPSA) is 0 Å². The van der Waals surface area contributed by atoms with Crippen molar-refractivity contribution in [3.8, 4) is 0 Å². The zero-order valence-electron chi connectivity index (χ0n) is 17.9. The largest absolute Gasteiger partial charge is 4.00 e. The summed E-state index contributed by atoms with van der Waals surface area (Å²) in [6.07, 6.45) is 39.5. The fraction of sp³-hybridized carbons (Fsp3) is 0.714. The maximum absolute atomic E-state index is 3.33. The second-order valence-electron chi connectivity index (χ2n) is 10.4. The molecule has 1 heteroatoms. The first-order chi connectivity index (χ1) is 13.8. The van der Waals surface area contributed by atoms with Gasteiger partial charge in [0.2, 0.25) is 0 Å². The summed E-state index contributed by atoms with van der Waals surface area (Å²) in [5.74, 6) is 7.20. The van der Waals surface area contributed by atoms with Gasteiger partial charge in [0, 0.05) is 0 Å². The minimum atomic E-state index is 0. The summed E-state index contributed by atoms with van der Waals surface area (Å²) in [5, 5.41) is 0. The van der Waals surface area contributed by atoms with E-state index >= 15 is 0 Å². The van der Waals surface area contributed by atoms with Gasteiger partial charge < -0.3 is 24.3 Å². The van der Waals surface area contributed by atoms with Crippen LogP contribution in [0.2, 0.25) is 0 Å². The number of fused-ring (bicyclic) bond motifs is 8. The van der Waals surface area contributed by atoms with Crippen LogP contribution in [0.25, 0.3) is 0 Å². The van der Waals surface area contributed by atoms with E-state index in [0.717, 1.165) is 47.3 Å². The molecule has 0 saturated heterocycles. The smallest absolute Gasteiger partial charge is 0.497 e. The number of rotatable bonds is 0. The second kappa shape index (κ2) is 10.3.